The van der Waals surface area contributed by atoms with Crippen molar-refractivity contribution < 1.29 is 0 Å². The zero-order valence-electron chi connectivity index (χ0n) is 8.71. The molecule has 84 valence electrons. The average Bonchev–Trinajstić information content (AvgIpc) is 2.66. The van der Waals surface area contributed by atoms with Crippen LogP contribution in [0.3, 0.4) is 0 Å². The van der Waals surface area contributed by atoms with Crippen LogP contribution in [0.4, 0.5) is 0 Å². The third-order valence-corrected chi connectivity index (χ3v) is 4.53. The Bertz CT molecular complexity index is 490. The van der Waals surface area contributed by atoms with Gasteiger partial charge in [0.05, 0.1) is 9.88 Å². The first-order valence-corrected chi connectivity index (χ1v) is 6.79. The molecule has 0 aliphatic heterocycles. The lowest BCUT2D eigenvalue weighted by molar-refractivity contribution is 0.616. The van der Waals surface area contributed by atoms with E-state index in [-0.39, 0.29) is 0 Å². The van der Waals surface area contributed by atoms with Gasteiger partial charge in [0.2, 0.25) is 0 Å². The predicted octanol–water partition coefficient (Wildman–Crippen LogP) is 4.39. The Morgan fingerprint density at radius 2 is 1.81 bits per heavy atom. The summed E-state index contributed by atoms with van der Waals surface area (Å²) in [6.45, 7) is 2.00. The molecule has 2 rings (SSSR count). The Morgan fingerprint density at radius 3 is 2.31 bits per heavy atom. The van der Waals surface area contributed by atoms with Gasteiger partial charge < -0.3 is 5.73 Å². The van der Waals surface area contributed by atoms with Crippen molar-refractivity contribution in [3.05, 3.63) is 55.6 Å². The highest BCUT2D eigenvalue weighted by atomic mass is 79.9. The van der Waals surface area contributed by atoms with E-state index in [2.05, 4.69) is 15.9 Å². The van der Waals surface area contributed by atoms with E-state index in [0.29, 0.717) is 0 Å². The zero-order valence-corrected chi connectivity index (χ0v) is 11.9. The van der Waals surface area contributed by atoms with E-state index in [1.54, 1.807) is 0 Å². The van der Waals surface area contributed by atoms with Crippen LogP contribution in [-0.2, 0) is 5.54 Å². The maximum Gasteiger partial charge on any atom is 0.0932 e. The highest BCUT2D eigenvalue weighted by molar-refractivity contribution is 9.10. The highest BCUT2D eigenvalue weighted by Gasteiger charge is 2.25. The van der Waals surface area contributed by atoms with Crippen LogP contribution in [0.2, 0.25) is 4.34 Å². The number of thiophene rings is 1. The second-order valence-corrected chi connectivity index (χ2v) is 6.44. The molecule has 0 fully saturated rings. The maximum absolute atomic E-state index is 6.36. The van der Waals surface area contributed by atoms with Crippen LogP contribution in [0.25, 0.3) is 0 Å². The number of hydrogen-bond donors (Lipinski definition) is 1. The number of halogens is 2. The first kappa shape index (κ1) is 12.1. The molecule has 0 amide bonds. The summed E-state index contributed by atoms with van der Waals surface area (Å²) >= 11 is 10.9. The Hall–Kier alpha value is -0.350. The molecule has 0 aliphatic rings. The van der Waals surface area contributed by atoms with Crippen molar-refractivity contribution in [2.75, 3.05) is 0 Å². The highest BCUT2D eigenvalue weighted by Crippen LogP contribution is 2.34. The number of nitrogens with two attached hydrogens (primary N) is 1. The molecule has 0 saturated carbocycles. The average molecular weight is 317 g/mol. The molecule has 1 aromatic carbocycles. The van der Waals surface area contributed by atoms with E-state index in [1.165, 1.54) is 11.3 Å². The van der Waals surface area contributed by atoms with Crippen LogP contribution >= 0.6 is 38.9 Å². The molecular weight excluding hydrogens is 306 g/mol. The van der Waals surface area contributed by atoms with Crippen molar-refractivity contribution in [2.24, 2.45) is 5.73 Å². The van der Waals surface area contributed by atoms with Crippen molar-refractivity contribution >= 4 is 38.9 Å². The Labute approximate surface area is 112 Å². The van der Waals surface area contributed by atoms with Gasteiger partial charge in [0.25, 0.3) is 0 Å². The molecule has 1 aromatic heterocycles. The van der Waals surface area contributed by atoms with Gasteiger partial charge in [-0.05, 0) is 36.8 Å². The quantitative estimate of drug-likeness (QED) is 0.874. The summed E-state index contributed by atoms with van der Waals surface area (Å²) in [4.78, 5) is 1.07. The standard InChI is InChI=1S/C12H11BrClNS/c1-12(15,10-6-7-11(14)16-10)8-2-4-9(13)5-3-8/h2-7H,15H2,1H3. The van der Waals surface area contributed by atoms with E-state index >= 15 is 0 Å². The Balaban J connectivity index is 2.42. The minimum Gasteiger partial charge on any atom is -0.317 e. The molecule has 2 aromatic rings. The van der Waals surface area contributed by atoms with E-state index < -0.39 is 5.54 Å². The first-order valence-electron chi connectivity index (χ1n) is 4.81. The van der Waals surface area contributed by atoms with E-state index in [0.717, 1.165) is 19.2 Å². The second-order valence-electron chi connectivity index (χ2n) is 3.81. The third kappa shape index (κ3) is 2.33. The van der Waals surface area contributed by atoms with E-state index in [9.17, 15) is 0 Å². The molecule has 1 nitrogen and oxygen atoms in total. The minimum absolute atomic E-state index is 0.488. The number of benzene rings is 1. The van der Waals surface area contributed by atoms with Gasteiger partial charge in [-0.1, -0.05) is 39.7 Å². The topological polar surface area (TPSA) is 26.0 Å². The Morgan fingerprint density at radius 1 is 1.19 bits per heavy atom. The SMILES string of the molecule is CC(N)(c1ccc(Br)cc1)c1ccc(Cl)s1. The summed E-state index contributed by atoms with van der Waals surface area (Å²) < 4.78 is 1.82. The minimum atomic E-state index is -0.488. The lowest BCUT2D eigenvalue weighted by Crippen LogP contribution is -2.33. The fraction of sp³-hybridized carbons (Fsp3) is 0.167. The van der Waals surface area contributed by atoms with Crippen LogP contribution in [0, 0.1) is 0 Å². The lowest BCUT2D eigenvalue weighted by Gasteiger charge is -2.23. The van der Waals surface area contributed by atoms with Gasteiger partial charge in [0.1, 0.15) is 0 Å². The van der Waals surface area contributed by atoms with Crippen LogP contribution < -0.4 is 5.73 Å². The molecule has 16 heavy (non-hydrogen) atoms. The van der Waals surface area contributed by atoms with Gasteiger partial charge in [0.15, 0.2) is 0 Å². The van der Waals surface area contributed by atoms with Crippen LogP contribution in [-0.4, -0.2) is 0 Å². The molecule has 2 N–H and O–H groups in total. The monoisotopic (exact) mass is 315 g/mol. The summed E-state index contributed by atoms with van der Waals surface area (Å²) in [5, 5.41) is 0. The third-order valence-electron chi connectivity index (χ3n) is 2.53. The summed E-state index contributed by atoms with van der Waals surface area (Å²) in [5.74, 6) is 0. The molecule has 1 heterocycles. The van der Waals surface area contributed by atoms with E-state index in [1.807, 2.05) is 43.3 Å². The molecule has 0 spiro atoms. The summed E-state index contributed by atoms with van der Waals surface area (Å²) in [5.41, 5.74) is 6.95. The largest absolute Gasteiger partial charge is 0.317 e. The van der Waals surface area contributed by atoms with Gasteiger partial charge in [-0.15, -0.1) is 11.3 Å². The van der Waals surface area contributed by atoms with E-state index in [4.69, 9.17) is 17.3 Å². The van der Waals surface area contributed by atoms with Crippen molar-refractivity contribution in [3.8, 4) is 0 Å². The van der Waals surface area contributed by atoms with Crippen LogP contribution in [0.15, 0.2) is 40.9 Å². The van der Waals surface area contributed by atoms with Crippen molar-refractivity contribution in [1.29, 1.82) is 0 Å². The predicted molar refractivity (Wildman–Crippen MR) is 74.1 cm³/mol. The first-order chi connectivity index (χ1) is 7.50. The normalized spacial score (nSPS) is 14.8. The van der Waals surface area contributed by atoms with Gasteiger partial charge >= 0.3 is 0 Å². The molecule has 0 saturated heterocycles. The summed E-state index contributed by atoms with van der Waals surface area (Å²) in [7, 11) is 0. The molecule has 0 radical (unpaired) electrons. The van der Waals surface area contributed by atoms with Crippen LogP contribution in [0.5, 0.6) is 0 Å². The fourth-order valence-electron chi connectivity index (χ4n) is 1.53. The fourth-order valence-corrected chi connectivity index (χ4v) is 2.92. The summed E-state index contributed by atoms with van der Waals surface area (Å²) in [6, 6.07) is 11.9. The van der Waals surface area contributed by atoms with Crippen LogP contribution in [0.1, 0.15) is 17.4 Å². The zero-order chi connectivity index (χ0) is 11.8. The van der Waals surface area contributed by atoms with Crippen molar-refractivity contribution in [1.82, 2.24) is 0 Å². The number of hydrogen-bond acceptors (Lipinski definition) is 2. The molecule has 1 unspecified atom stereocenters. The van der Waals surface area contributed by atoms with Crippen molar-refractivity contribution in [2.45, 2.75) is 12.5 Å². The lowest BCUT2D eigenvalue weighted by atomic mass is 9.92. The molecule has 0 bridgehead atoms. The summed E-state index contributed by atoms with van der Waals surface area (Å²) in [6.07, 6.45) is 0. The van der Waals surface area contributed by atoms with Crippen molar-refractivity contribution in [3.63, 3.8) is 0 Å². The Kier molecular flexibility index (Phi) is 3.40. The molecule has 1 atom stereocenters. The van der Waals surface area contributed by atoms with Gasteiger partial charge in [0, 0.05) is 9.35 Å². The number of rotatable bonds is 2. The molecule has 4 heteroatoms. The second kappa shape index (κ2) is 4.49. The van der Waals surface area contributed by atoms with Gasteiger partial charge in [-0.2, -0.15) is 0 Å². The smallest absolute Gasteiger partial charge is 0.0932 e. The maximum atomic E-state index is 6.36. The van der Waals surface area contributed by atoms with Gasteiger partial charge in [-0.25, -0.2) is 0 Å². The van der Waals surface area contributed by atoms with Gasteiger partial charge in [-0.3, -0.25) is 0 Å². The molecular formula is C12H11BrClNS. The molecule has 0 aliphatic carbocycles.